The molecule has 16 heavy (non-hydrogen) atoms. The Labute approximate surface area is 94.0 Å². The predicted octanol–water partition coefficient (Wildman–Crippen LogP) is 0.752. The molecule has 1 fully saturated rings. The van der Waals surface area contributed by atoms with Gasteiger partial charge in [-0.15, -0.1) is 0 Å². The van der Waals surface area contributed by atoms with Crippen LogP contribution >= 0.6 is 0 Å². The summed E-state index contributed by atoms with van der Waals surface area (Å²) in [6.45, 7) is 4.69. The van der Waals surface area contributed by atoms with Crippen molar-refractivity contribution < 1.29 is 14.4 Å². The zero-order valence-corrected chi connectivity index (χ0v) is 9.56. The lowest BCUT2D eigenvalue weighted by Gasteiger charge is -2.15. The first-order valence-electron chi connectivity index (χ1n) is 5.56. The maximum absolute atomic E-state index is 12.2. The van der Waals surface area contributed by atoms with Crippen molar-refractivity contribution in [3.05, 3.63) is 17.0 Å². The van der Waals surface area contributed by atoms with Crippen LogP contribution in [0.15, 0.2) is 4.52 Å². The van der Waals surface area contributed by atoms with E-state index in [-0.39, 0.29) is 5.91 Å². The maximum Gasteiger partial charge on any atom is 0.259 e. The Morgan fingerprint density at radius 1 is 1.69 bits per heavy atom. The highest BCUT2D eigenvalue weighted by atomic mass is 16.5. The number of likely N-dealkylation sites (tertiary alicyclic amines) is 1. The van der Waals surface area contributed by atoms with E-state index in [1.54, 1.807) is 11.8 Å². The van der Waals surface area contributed by atoms with Crippen molar-refractivity contribution >= 4 is 5.91 Å². The van der Waals surface area contributed by atoms with Crippen molar-refractivity contribution in [1.29, 1.82) is 0 Å². The van der Waals surface area contributed by atoms with Crippen LogP contribution in [0, 0.1) is 6.92 Å². The van der Waals surface area contributed by atoms with Crippen LogP contribution in [-0.2, 0) is 6.42 Å². The van der Waals surface area contributed by atoms with E-state index in [1.165, 1.54) is 0 Å². The number of amides is 1. The van der Waals surface area contributed by atoms with Crippen LogP contribution in [-0.4, -0.2) is 40.3 Å². The number of aliphatic hydroxyl groups is 1. The molecule has 1 aromatic heterocycles. The van der Waals surface area contributed by atoms with Crippen molar-refractivity contribution in [3.8, 4) is 0 Å². The zero-order valence-electron chi connectivity index (χ0n) is 9.56. The van der Waals surface area contributed by atoms with Gasteiger partial charge in [0.15, 0.2) is 0 Å². The second kappa shape index (κ2) is 4.25. The monoisotopic (exact) mass is 224 g/mol. The third kappa shape index (κ3) is 1.82. The van der Waals surface area contributed by atoms with Gasteiger partial charge < -0.3 is 14.5 Å². The number of nitrogens with zero attached hydrogens (tertiary/aromatic N) is 2. The fourth-order valence-corrected chi connectivity index (χ4v) is 2.02. The number of aromatic nitrogens is 1. The molecule has 1 unspecified atom stereocenters. The fraction of sp³-hybridized carbons (Fsp3) is 0.636. The van der Waals surface area contributed by atoms with E-state index in [4.69, 9.17) is 4.52 Å². The normalized spacial score (nSPS) is 20.4. The van der Waals surface area contributed by atoms with Gasteiger partial charge in [0.2, 0.25) is 0 Å². The summed E-state index contributed by atoms with van der Waals surface area (Å²) in [6.07, 6.45) is 0.931. The molecule has 0 aliphatic carbocycles. The summed E-state index contributed by atoms with van der Waals surface area (Å²) < 4.78 is 5.03. The predicted molar refractivity (Wildman–Crippen MR) is 57.1 cm³/mol. The van der Waals surface area contributed by atoms with Gasteiger partial charge in [-0.05, 0) is 19.8 Å². The Morgan fingerprint density at radius 2 is 2.44 bits per heavy atom. The number of β-amino-alcohol motifs (C(OH)–C–C–N with tert-alkyl or cyclic N) is 1. The Morgan fingerprint density at radius 3 is 3.00 bits per heavy atom. The number of hydrogen-bond donors (Lipinski definition) is 1. The smallest absolute Gasteiger partial charge is 0.259 e. The Bertz CT molecular complexity index is 400. The van der Waals surface area contributed by atoms with Crippen LogP contribution in [0.4, 0.5) is 0 Å². The molecule has 0 bridgehead atoms. The van der Waals surface area contributed by atoms with Gasteiger partial charge >= 0.3 is 0 Å². The molecular weight excluding hydrogens is 208 g/mol. The topological polar surface area (TPSA) is 66.6 Å². The second-order valence-corrected chi connectivity index (χ2v) is 4.11. The molecule has 1 amide bonds. The summed E-state index contributed by atoms with van der Waals surface area (Å²) in [4.78, 5) is 13.8. The van der Waals surface area contributed by atoms with Gasteiger partial charge in [-0.25, -0.2) is 0 Å². The van der Waals surface area contributed by atoms with Crippen LogP contribution < -0.4 is 0 Å². The van der Waals surface area contributed by atoms with E-state index >= 15 is 0 Å². The first-order chi connectivity index (χ1) is 7.63. The second-order valence-electron chi connectivity index (χ2n) is 4.11. The summed E-state index contributed by atoms with van der Waals surface area (Å²) in [5.41, 5.74) is 1.26. The minimum atomic E-state index is -0.394. The summed E-state index contributed by atoms with van der Waals surface area (Å²) in [6, 6.07) is 0. The molecule has 1 aliphatic heterocycles. The maximum atomic E-state index is 12.2. The summed E-state index contributed by atoms with van der Waals surface area (Å²) in [5.74, 6) is 0.482. The quantitative estimate of drug-likeness (QED) is 0.805. The summed E-state index contributed by atoms with van der Waals surface area (Å²) in [5, 5.41) is 13.3. The number of aryl methyl sites for hydroxylation is 2. The van der Waals surface area contributed by atoms with Crippen LogP contribution in [0.3, 0.4) is 0 Å². The van der Waals surface area contributed by atoms with Gasteiger partial charge in [0.05, 0.1) is 11.8 Å². The fourth-order valence-electron chi connectivity index (χ4n) is 2.02. The standard InChI is InChI=1S/C11H16N2O3/c1-3-9-10(7(2)16-12-9)11(15)13-5-4-8(14)6-13/h8,14H,3-6H2,1-2H3. The Balaban J connectivity index is 2.23. The van der Waals surface area contributed by atoms with Crippen LogP contribution in [0.25, 0.3) is 0 Å². The molecule has 0 saturated carbocycles. The summed E-state index contributed by atoms with van der Waals surface area (Å²) >= 11 is 0. The van der Waals surface area contributed by atoms with E-state index in [9.17, 15) is 9.90 Å². The lowest BCUT2D eigenvalue weighted by atomic mass is 10.1. The van der Waals surface area contributed by atoms with Gasteiger partial charge in [-0.2, -0.15) is 0 Å². The molecule has 0 spiro atoms. The number of aliphatic hydroxyl groups excluding tert-OH is 1. The number of hydrogen-bond acceptors (Lipinski definition) is 4. The molecule has 0 aromatic carbocycles. The van der Waals surface area contributed by atoms with Crippen LogP contribution in [0.1, 0.15) is 35.2 Å². The number of carbonyl (C=O) groups is 1. The lowest BCUT2D eigenvalue weighted by molar-refractivity contribution is 0.0762. The first-order valence-corrected chi connectivity index (χ1v) is 5.56. The third-order valence-electron chi connectivity index (χ3n) is 2.93. The number of rotatable bonds is 2. The Kier molecular flexibility index (Phi) is 2.96. The molecule has 5 heteroatoms. The highest BCUT2D eigenvalue weighted by molar-refractivity contribution is 5.96. The van der Waals surface area contributed by atoms with Gasteiger partial charge in [-0.3, -0.25) is 4.79 Å². The van der Waals surface area contributed by atoms with Crippen LogP contribution in [0.2, 0.25) is 0 Å². The largest absolute Gasteiger partial charge is 0.391 e. The SMILES string of the molecule is CCc1noc(C)c1C(=O)N1CCC(O)C1. The zero-order chi connectivity index (χ0) is 11.7. The minimum absolute atomic E-state index is 0.0767. The third-order valence-corrected chi connectivity index (χ3v) is 2.93. The van der Waals surface area contributed by atoms with Crippen molar-refractivity contribution in [2.45, 2.75) is 32.8 Å². The molecule has 5 nitrogen and oxygen atoms in total. The van der Waals surface area contributed by atoms with Crippen molar-refractivity contribution in [2.75, 3.05) is 13.1 Å². The van der Waals surface area contributed by atoms with E-state index < -0.39 is 6.10 Å². The highest BCUT2D eigenvalue weighted by Crippen LogP contribution is 2.19. The van der Waals surface area contributed by atoms with Gasteiger partial charge in [0, 0.05) is 13.1 Å². The molecule has 2 heterocycles. The Hall–Kier alpha value is -1.36. The van der Waals surface area contributed by atoms with Crippen LogP contribution in [0.5, 0.6) is 0 Å². The van der Waals surface area contributed by atoms with E-state index in [0.29, 0.717) is 42.9 Å². The molecule has 1 N–H and O–H groups in total. The molecule has 2 rings (SSSR count). The molecule has 1 atom stereocenters. The molecule has 0 radical (unpaired) electrons. The molecule has 1 aliphatic rings. The van der Waals surface area contributed by atoms with Gasteiger partial charge in [0.1, 0.15) is 11.3 Å². The minimum Gasteiger partial charge on any atom is -0.391 e. The van der Waals surface area contributed by atoms with Gasteiger partial charge in [-0.1, -0.05) is 12.1 Å². The van der Waals surface area contributed by atoms with Crippen molar-refractivity contribution in [2.24, 2.45) is 0 Å². The van der Waals surface area contributed by atoms with Crippen molar-refractivity contribution in [1.82, 2.24) is 10.1 Å². The molecule has 1 aromatic rings. The average Bonchev–Trinajstić information content (AvgIpc) is 2.83. The first kappa shape index (κ1) is 11.1. The van der Waals surface area contributed by atoms with E-state index in [1.807, 2.05) is 6.92 Å². The molecule has 1 saturated heterocycles. The van der Waals surface area contributed by atoms with Gasteiger partial charge in [0.25, 0.3) is 5.91 Å². The average molecular weight is 224 g/mol. The molecule has 88 valence electrons. The summed E-state index contributed by atoms with van der Waals surface area (Å²) in [7, 11) is 0. The molecular formula is C11H16N2O3. The van der Waals surface area contributed by atoms with Crippen molar-refractivity contribution in [3.63, 3.8) is 0 Å². The number of carbonyl (C=O) groups excluding carboxylic acids is 1. The van der Waals surface area contributed by atoms with E-state index in [0.717, 1.165) is 0 Å². The highest BCUT2D eigenvalue weighted by Gasteiger charge is 2.29. The lowest BCUT2D eigenvalue weighted by Crippen LogP contribution is -2.30. The van der Waals surface area contributed by atoms with E-state index in [2.05, 4.69) is 5.16 Å².